The lowest BCUT2D eigenvalue weighted by Crippen LogP contribution is -2.50. The first kappa shape index (κ1) is 17.5. The molecular formula is C19H20ClN3O2. The van der Waals surface area contributed by atoms with E-state index in [2.05, 4.69) is 10.2 Å². The molecule has 1 saturated heterocycles. The zero-order valence-corrected chi connectivity index (χ0v) is 14.6. The van der Waals surface area contributed by atoms with Gasteiger partial charge in [0.2, 0.25) is 5.91 Å². The standard InChI is InChI=1S/C19H20ClN3O2/c20-16-6-4-5-15(13-16)19(25)23-11-9-22(10-12-23)14-18(24)21-17-7-2-1-3-8-17/h1-8,13H,9-12,14H2,(H,21,24). The van der Waals surface area contributed by atoms with Crippen molar-refractivity contribution in [2.45, 2.75) is 0 Å². The van der Waals surface area contributed by atoms with Crippen LogP contribution in [-0.2, 0) is 4.79 Å². The van der Waals surface area contributed by atoms with E-state index in [1.165, 1.54) is 0 Å². The molecule has 5 nitrogen and oxygen atoms in total. The van der Waals surface area contributed by atoms with Crippen LogP contribution in [-0.4, -0.2) is 54.3 Å². The van der Waals surface area contributed by atoms with Crippen LogP contribution in [0.15, 0.2) is 54.6 Å². The Bertz CT molecular complexity index is 743. The van der Waals surface area contributed by atoms with Crippen molar-refractivity contribution >= 4 is 29.1 Å². The number of benzene rings is 2. The number of piperazine rings is 1. The smallest absolute Gasteiger partial charge is 0.253 e. The van der Waals surface area contributed by atoms with Crippen molar-refractivity contribution in [3.05, 3.63) is 65.2 Å². The molecule has 1 aliphatic rings. The van der Waals surface area contributed by atoms with E-state index < -0.39 is 0 Å². The van der Waals surface area contributed by atoms with E-state index in [-0.39, 0.29) is 11.8 Å². The van der Waals surface area contributed by atoms with Crippen LogP contribution in [0.3, 0.4) is 0 Å². The maximum Gasteiger partial charge on any atom is 0.253 e. The number of hydrogen-bond donors (Lipinski definition) is 1. The maximum atomic E-state index is 12.5. The molecule has 2 amide bonds. The Morgan fingerprint density at radius 2 is 1.68 bits per heavy atom. The predicted molar refractivity (Wildman–Crippen MR) is 98.9 cm³/mol. The minimum atomic E-state index is -0.0409. The Kier molecular flexibility index (Phi) is 5.68. The number of nitrogens with one attached hydrogen (secondary N) is 1. The highest BCUT2D eigenvalue weighted by Gasteiger charge is 2.23. The molecule has 0 aliphatic carbocycles. The van der Waals surface area contributed by atoms with E-state index in [1.54, 1.807) is 29.2 Å². The SMILES string of the molecule is O=C(CN1CCN(C(=O)c2cccc(Cl)c2)CC1)Nc1ccccc1. The van der Waals surface area contributed by atoms with Gasteiger partial charge in [0, 0.05) is 42.5 Å². The van der Waals surface area contributed by atoms with Gasteiger partial charge in [-0.3, -0.25) is 14.5 Å². The van der Waals surface area contributed by atoms with Gasteiger partial charge in [0.05, 0.1) is 6.54 Å². The van der Waals surface area contributed by atoms with E-state index >= 15 is 0 Å². The van der Waals surface area contributed by atoms with Gasteiger partial charge in [0.1, 0.15) is 0 Å². The molecule has 1 fully saturated rings. The second-order valence-corrected chi connectivity index (χ2v) is 6.43. The molecule has 130 valence electrons. The van der Waals surface area contributed by atoms with Crippen molar-refractivity contribution in [3.63, 3.8) is 0 Å². The Balaban J connectivity index is 1.48. The van der Waals surface area contributed by atoms with Crippen LogP contribution < -0.4 is 5.32 Å². The Hall–Kier alpha value is -2.37. The number of halogens is 1. The highest BCUT2D eigenvalue weighted by atomic mass is 35.5. The Morgan fingerprint density at radius 3 is 2.36 bits per heavy atom. The first-order valence-electron chi connectivity index (χ1n) is 8.24. The fourth-order valence-electron chi connectivity index (χ4n) is 2.84. The molecule has 0 aromatic heterocycles. The zero-order valence-electron chi connectivity index (χ0n) is 13.8. The Morgan fingerprint density at radius 1 is 0.960 bits per heavy atom. The molecule has 1 N–H and O–H groups in total. The summed E-state index contributed by atoms with van der Waals surface area (Å²) < 4.78 is 0. The molecule has 6 heteroatoms. The number of amides is 2. The molecule has 1 heterocycles. The highest BCUT2D eigenvalue weighted by Crippen LogP contribution is 2.14. The topological polar surface area (TPSA) is 52.7 Å². The van der Waals surface area contributed by atoms with E-state index in [9.17, 15) is 9.59 Å². The third kappa shape index (κ3) is 4.81. The van der Waals surface area contributed by atoms with Gasteiger partial charge in [0.15, 0.2) is 0 Å². The van der Waals surface area contributed by atoms with Gasteiger partial charge in [-0.25, -0.2) is 0 Å². The minimum absolute atomic E-state index is 0.0177. The molecule has 0 radical (unpaired) electrons. The van der Waals surface area contributed by atoms with Gasteiger partial charge < -0.3 is 10.2 Å². The molecule has 0 spiro atoms. The average Bonchev–Trinajstić information content (AvgIpc) is 2.62. The van der Waals surface area contributed by atoms with Crippen molar-refractivity contribution in [2.75, 3.05) is 38.0 Å². The van der Waals surface area contributed by atoms with Gasteiger partial charge in [0.25, 0.3) is 5.91 Å². The summed E-state index contributed by atoms with van der Waals surface area (Å²) in [4.78, 5) is 28.5. The van der Waals surface area contributed by atoms with Gasteiger partial charge in [-0.2, -0.15) is 0 Å². The van der Waals surface area contributed by atoms with Crippen molar-refractivity contribution in [2.24, 2.45) is 0 Å². The summed E-state index contributed by atoms with van der Waals surface area (Å²) in [5, 5.41) is 3.44. The lowest BCUT2D eigenvalue weighted by Gasteiger charge is -2.34. The summed E-state index contributed by atoms with van der Waals surface area (Å²) in [6.07, 6.45) is 0. The van der Waals surface area contributed by atoms with Gasteiger partial charge >= 0.3 is 0 Å². The lowest BCUT2D eigenvalue weighted by molar-refractivity contribution is -0.117. The minimum Gasteiger partial charge on any atom is -0.336 e. The maximum absolute atomic E-state index is 12.5. The quantitative estimate of drug-likeness (QED) is 0.915. The van der Waals surface area contributed by atoms with Crippen molar-refractivity contribution in [1.82, 2.24) is 9.80 Å². The number of nitrogens with zero attached hydrogens (tertiary/aromatic N) is 2. The monoisotopic (exact) mass is 357 g/mol. The van der Waals surface area contributed by atoms with Gasteiger partial charge in [-0.15, -0.1) is 0 Å². The summed E-state index contributed by atoms with van der Waals surface area (Å²) in [5.41, 5.74) is 1.39. The van der Waals surface area contributed by atoms with Crippen LogP contribution in [0.1, 0.15) is 10.4 Å². The summed E-state index contributed by atoms with van der Waals surface area (Å²) in [6, 6.07) is 16.4. The van der Waals surface area contributed by atoms with Crippen LogP contribution in [0.5, 0.6) is 0 Å². The van der Waals surface area contributed by atoms with Gasteiger partial charge in [-0.05, 0) is 30.3 Å². The van der Waals surface area contributed by atoms with E-state index in [0.29, 0.717) is 43.3 Å². The van der Waals surface area contributed by atoms with Gasteiger partial charge in [-0.1, -0.05) is 35.9 Å². The molecule has 1 aliphatic heterocycles. The number of anilines is 1. The van der Waals surface area contributed by atoms with E-state index in [1.807, 2.05) is 30.3 Å². The third-order valence-corrected chi connectivity index (χ3v) is 4.39. The fourth-order valence-corrected chi connectivity index (χ4v) is 3.03. The van der Waals surface area contributed by atoms with Crippen LogP contribution >= 0.6 is 11.6 Å². The van der Waals surface area contributed by atoms with Crippen LogP contribution in [0.4, 0.5) is 5.69 Å². The molecule has 3 rings (SSSR count). The third-order valence-electron chi connectivity index (χ3n) is 4.16. The summed E-state index contributed by atoms with van der Waals surface area (Å²) in [5.74, 6) is -0.0586. The van der Waals surface area contributed by atoms with Crippen molar-refractivity contribution < 1.29 is 9.59 Å². The van der Waals surface area contributed by atoms with Crippen molar-refractivity contribution in [1.29, 1.82) is 0 Å². The summed E-state index contributed by atoms with van der Waals surface area (Å²) in [7, 11) is 0. The molecule has 2 aromatic rings. The molecule has 0 unspecified atom stereocenters. The summed E-state index contributed by atoms with van der Waals surface area (Å²) in [6.45, 7) is 2.88. The first-order chi connectivity index (χ1) is 12.1. The molecule has 0 atom stereocenters. The predicted octanol–water partition coefficient (Wildman–Crippen LogP) is 2.74. The Labute approximate surface area is 152 Å². The number of rotatable bonds is 4. The zero-order chi connectivity index (χ0) is 17.6. The van der Waals surface area contributed by atoms with Crippen molar-refractivity contribution in [3.8, 4) is 0 Å². The van der Waals surface area contributed by atoms with E-state index in [4.69, 9.17) is 11.6 Å². The average molecular weight is 358 g/mol. The molecule has 0 bridgehead atoms. The molecule has 25 heavy (non-hydrogen) atoms. The second-order valence-electron chi connectivity index (χ2n) is 5.99. The number of carbonyl (C=O) groups is 2. The number of para-hydroxylation sites is 1. The largest absolute Gasteiger partial charge is 0.336 e. The number of carbonyl (C=O) groups excluding carboxylic acids is 2. The molecule has 2 aromatic carbocycles. The van der Waals surface area contributed by atoms with Crippen LogP contribution in [0.2, 0.25) is 5.02 Å². The second kappa shape index (κ2) is 8.14. The number of hydrogen-bond acceptors (Lipinski definition) is 3. The normalized spacial score (nSPS) is 15.0. The first-order valence-corrected chi connectivity index (χ1v) is 8.62. The lowest BCUT2D eigenvalue weighted by atomic mass is 10.2. The highest BCUT2D eigenvalue weighted by molar-refractivity contribution is 6.30. The molecule has 0 saturated carbocycles. The molecular weight excluding hydrogens is 338 g/mol. The fraction of sp³-hybridized carbons (Fsp3) is 0.263. The summed E-state index contributed by atoms with van der Waals surface area (Å²) >= 11 is 5.95. The van der Waals surface area contributed by atoms with E-state index in [0.717, 1.165) is 5.69 Å². The van der Waals surface area contributed by atoms with Crippen LogP contribution in [0, 0.1) is 0 Å². The van der Waals surface area contributed by atoms with Crippen LogP contribution in [0.25, 0.3) is 0 Å².